The SMILES string of the molecule is CCS(=O)(=O)c1ccccc1NC(CCCN)COC. The number of para-hydroxylation sites is 1. The maximum atomic E-state index is 12.1. The maximum Gasteiger partial charge on any atom is 0.180 e. The molecule has 0 fully saturated rings. The molecule has 20 heavy (non-hydrogen) atoms. The van der Waals surface area contributed by atoms with Gasteiger partial charge in [-0.2, -0.15) is 0 Å². The van der Waals surface area contributed by atoms with E-state index in [-0.39, 0.29) is 11.8 Å². The topological polar surface area (TPSA) is 81.4 Å². The molecule has 0 bridgehead atoms. The van der Waals surface area contributed by atoms with Crippen molar-refractivity contribution in [1.29, 1.82) is 0 Å². The third-order valence-corrected chi connectivity index (χ3v) is 4.87. The fraction of sp³-hybridized carbons (Fsp3) is 0.571. The van der Waals surface area contributed by atoms with Crippen molar-refractivity contribution in [2.24, 2.45) is 5.73 Å². The van der Waals surface area contributed by atoms with Crippen LogP contribution in [0.25, 0.3) is 0 Å². The molecular formula is C14H24N2O3S. The zero-order valence-corrected chi connectivity index (χ0v) is 12.9. The third-order valence-electron chi connectivity index (χ3n) is 3.09. The van der Waals surface area contributed by atoms with E-state index >= 15 is 0 Å². The van der Waals surface area contributed by atoms with Crippen molar-refractivity contribution in [2.75, 3.05) is 31.3 Å². The van der Waals surface area contributed by atoms with Gasteiger partial charge >= 0.3 is 0 Å². The summed E-state index contributed by atoms with van der Waals surface area (Å²) in [4.78, 5) is 0.344. The van der Waals surface area contributed by atoms with Crippen molar-refractivity contribution in [3.05, 3.63) is 24.3 Å². The van der Waals surface area contributed by atoms with E-state index in [0.29, 0.717) is 23.7 Å². The summed E-state index contributed by atoms with van der Waals surface area (Å²) in [5.74, 6) is 0.0867. The maximum absolute atomic E-state index is 12.1. The summed E-state index contributed by atoms with van der Waals surface area (Å²) in [5, 5.41) is 3.26. The van der Waals surface area contributed by atoms with Crippen molar-refractivity contribution in [2.45, 2.75) is 30.7 Å². The molecule has 0 spiro atoms. The van der Waals surface area contributed by atoms with Gasteiger partial charge in [-0.15, -0.1) is 0 Å². The molecule has 0 aliphatic heterocycles. The Hall–Kier alpha value is -1.11. The lowest BCUT2D eigenvalue weighted by molar-refractivity contribution is 0.182. The number of hydrogen-bond acceptors (Lipinski definition) is 5. The molecule has 0 saturated carbocycles. The van der Waals surface area contributed by atoms with Crippen LogP contribution in [-0.4, -0.2) is 40.5 Å². The molecule has 1 rings (SSSR count). The minimum atomic E-state index is -3.24. The first-order valence-electron chi connectivity index (χ1n) is 6.82. The summed E-state index contributed by atoms with van der Waals surface area (Å²) < 4.78 is 29.3. The van der Waals surface area contributed by atoms with Gasteiger partial charge in [-0.05, 0) is 31.5 Å². The number of rotatable bonds is 9. The number of methoxy groups -OCH3 is 1. The van der Waals surface area contributed by atoms with Gasteiger partial charge in [-0.25, -0.2) is 8.42 Å². The number of hydrogen-bond donors (Lipinski definition) is 2. The molecule has 114 valence electrons. The Kier molecular flexibility index (Phi) is 6.98. The highest BCUT2D eigenvalue weighted by molar-refractivity contribution is 7.91. The molecule has 1 aromatic carbocycles. The van der Waals surface area contributed by atoms with Crippen molar-refractivity contribution in [3.8, 4) is 0 Å². The van der Waals surface area contributed by atoms with Crippen LogP contribution in [0.15, 0.2) is 29.2 Å². The number of nitrogens with one attached hydrogen (secondary N) is 1. The van der Waals surface area contributed by atoms with Gasteiger partial charge in [-0.3, -0.25) is 0 Å². The van der Waals surface area contributed by atoms with E-state index in [1.54, 1.807) is 32.2 Å². The van der Waals surface area contributed by atoms with Crippen LogP contribution in [-0.2, 0) is 14.6 Å². The summed E-state index contributed by atoms with van der Waals surface area (Å²) in [7, 11) is -1.61. The van der Waals surface area contributed by atoms with Gasteiger partial charge in [0.2, 0.25) is 0 Å². The average molecular weight is 300 g/mol. The zero-order valence-electron chi connectivity index (χ0n) is 12.1. The van der Waals surface area contributed by atoms with E-state index in [4.69, 9.17) is 10.5 Å². The van der Waals surface area contributed by atoms with Gasteiger partial charge in [0.1, 0.15) is 0 Å². The molecule has 6 heteroatoms. The standard InChI is InChI=1S/C14H24N2O3S/c1-3-20(17,18)14-9-5-4-8-13(14)16-12(11-19-2)7-6-10-15/h4-5,8-9,12,16H,3,6-7,10-11,15H2,1-2H3. The average Bonchev–Trinajstić information content (AvgIpc) is 2.45. The van der Waals surface area contributed by atoms with Gasteiger partial charge in [-0.1, -0.05) is 19.1 Å². The lowest BCUT2D eigenvalue weighted by atomic mass is 10.1. The van der Waals surface area contributed by atoms with Gasteiger partial charge in [0, 0.05) is 13.2 Å². The predicted molar refractivity (Wildman–Crippen MR) is 81.7 cm³/mol. The van der Waals surface area contributed by atoms with E-state index < -0.39 is 9.84 Å². The molecule has 3 N–H and O–H groups in total. The molecule has 0 amide bonds. The number of anilines is 1. The van der Waals surface area contributed by atoms with E-state index in [9.17, 15) is 8.42 Å². The van der Waals surface area contributed by atoms with Crippen LogP contribution in [0.3, 0.4) is 0 Å². The third kappa shape index (κ3) is 4.77. The van der Waals surface area contributed by atoms with E-state index in [0.717, 1.165) is 12.8 Å². The summed E-state index contributed by atoms with van der Waals surface area (Å²) in [5.41, 5.74) is 6.16. The van der Waals surface area contributed by atoms with Crippen LogP contribution in [0.5, 0.6) is 0 Å². The molecule has 0 aliphatic carbocycles. The smallest absolute Gasteiger partial charge is 0.180 e. The largest absolute Gasteiger partial charge is 0.383 e. The van der Waals surface area contributed by atoms with Gasteiger partial charge in [0.25, 0.3) is 0 Å². The normalized spacial score (nSPS) is 13.2. The van der Waals surface area contributed by atoms with Crippen LogP contribution in [0, 0.1) is 0 Å². The first-order valence-corrected chi connectivity index (χ1v) is 8.47. The van der Waals surface area contributed by atoms with Crippen LogP contribution in [0.2, 0.25) is 0 Å². The summed E-state index contributed by atoms with van der Waals surface area (Å²) in [6.07, 6.45) is 1.70. The molecule has 0 radical (unpaired) electrons. The summed E-state index contributed by atoms with van der Waals surface area (Å²) >= 11 is 0. The van der Waals surface area contributed by atoms with Gasteiger partial charge in [0.05, 0.1) is 22.9 Å². The zero-order chi connectivity index (χ0) is 15.0. The van der Waals surface area contributed by atoms with E-state index in [1.165, 1.54) is 0 Å². The number of benzene rings is 1. The second-order valence-electron chi connectivity index (χ2n) is 4.63. The molecule has 0 aliphatic rings. The first-order chi connectivity index (χ1) is 9.55. The fourth-order valence-corrected chi connectivity index (χ4v) is 3.05. The van der Waals surface area contributed by atoms with E-state index in [1.807, 2.05) is 6.07 Å². The molecule has 1 atom stereocenters. The lowest BCUT2D eigenvalue weighted by Crippen LogP contribution is -2.26. The van der Waals surface area contributed by atoms with Crippen molar-refractivity contribution < 1.29 is 13.2 Å². The Morgan fingerprint density at radius 2 is 2.05 bits per heavy atom. The van der Waals surface area contributed by atoms with Gasteiger partial charge in [0.15, 0.2) is 9.84 Å². The monoisotopic (exact) mass is 300 g/mol. The van der Waals surface area contributed by atoms with Crippen LogP contribution >= 0.6 is 0 Å². The van der Waals surface area contributed by atoms with Crippen molar-refractivity contribution in [1.82, 2.24) is 0 Å². The second kappa shape index (κ2) is 8.24. The van der Waals surface area contributed by atoms with E-state index in [2.05, 4.69) is 5.32 Å². The predicted octanol–water partition coefficient (Wildman–Crippen LogP) is 1.65. The highest BCUT2D eigenvalue weighted by Crippen LogP contribution is 2.23. The Bertz CT molecular complexity index is 503. The van der Waals surface area contributed by atoms with Crippen LogP contribution < -0.4 is 11.1 Å². The Labute approximate surface area is 121 Å². The van der Waals surface area contributed by atoms with Crippen LogP contribution in [0.1, 0.15) is 19.8 Å². The summed E-state index contributed by atoms with van der Waals surface area (Å²) in [6, 6.07) is 7.03. The Morgan fingerprint density at radius 1 is 1.35 bits per heavy atom. The van der Waals surface area contributed by atoms with Gasteiger partial charge < -0.3 is 15.8 Å². The molecule has 0 aromatic heterocycles. The first kappa shape index (κ1) is 16.9. The molecule has 0 saturated heterocycles. The highest BCUT2D eigenvalue weighted by atomic mass is 32.2. The molecule has 1 aromatic rings. The minimum absolute atomic E-state index is 0.0526. The molecule has 5 nitrogen and oxygen atoms in total. The summed E-state index contributed by atoms with van der Waals surface area (Å²) in [6.45, 7) is 2.77. The fourth-order valence-electron chi connectivity index (χ4n) is 2.00. The highest BCUT2D eigenvalue weighted by Gasteiger charge is 2.18. The lowest BCUT2D eigenvalue weighted by Gasteiger charge is -2.20. The quantitative estimate of drug-likeness (QED) is 0.724. The number of nitrogens with two attached hydrogens (primary N) is 1. The molecule has 1 unspecified atom stereocenters. The Morgan fingerprint density at radius 3 is 2.65 bits per heavy atom. The molecular weight excluding hydrogens is 276 g/mol. The van der Waals surface area contributed by atoms with Crippen LogP contribution in [0.4, 0.5) is 5.69 Å². The number of sulfone groups is 1. The van der Waals surface area contributed by atoms with Crippen molar-refractivity contribution >= 4 is 15.5 Å². The molecule has 0 heterocycles. The van der Waals surface area contributed by atoms with Crippen molar-refractivity contribution in [3.63, 3.8) is 0 Å². The second-order valence-corrected chi connectivity index (χ2v) is 6.87. The minimum Gasteiger partial charge on any atom is -0.383 e. The Balaban J connectivity index is 2.95. The number of ether oxygens (including phenoxy) is 1.